The number of pyridine rings is 1. The van der Waals surface area contributed by atoms with Crippen LogP contribution in [0.5, 0.6) is 0 Å². The lowest BCUT2D eigenvalue weighted by molar-refractivity contribution is -0.856. The van der Waals surface area contributed by atoms with Crippen LogP contribution in [-0.4, -0.2) is 8.42 Å². The Balaban J connectivity index is 2.37. The Morgan fingerprint density at radius 1 is 1.17 bits per heavy atom. The van der Waals surface area contributed by atoms with Crippen LogP contribution in [0, 0.1) is 12.7 Å². The van der Waals surface area contributed by atoms with Gasteiger partial charge in [0.15, 0.2) is 0 Å². The zero-order valence-electron chi connectivity index (χ0n) is 9.58. The van der Waals surface area contributed by atoms with E-state index in [2.05, 4.69) is 0 Å². The first kappa shape index (κ1) is 12.5. The molecule has 0 radical (unpaired) electrons. The predicted molar refractivity (Wildman–Crippen MR) is 61.5 cm³/mol. The Kier molecular flexibility index (Phi) is 3.29. The molecule has 6 heteroatoms. The van der Waals surface area contributed by atoms with Crippen LogP contribution in [0.15, 0.2) is 53.7 Å². The van der Waals surface area contributed by atoms with Gasteiger partial charge in [0.2, 0.25) is 12.4 Å². The molecule has 0 spiro atoms. The van der Waals surface area contributed by atoms with E-state index in [0.29, 0.717) is 5.56 Å². The lowest BCUT2D eigenvalue weighted by Crippen LogP contribution is -2.45. The summed E-state index contributed by atoms with van der Waals surface area (Å²) in [5.74, 6) is -0.827. The summed E-state index contributed by atoms with van der Waals surface area (Å²) in [5, 5.41) is 0. The highest BCUT2D eigenvalue weighted by molar-refractivity contribution is 7.86. The minimum Gasteiger partial charge on any atom is -0.205 e. The third-order valence-electron chi connectivity index (χ3n) is 2.23. The fourth-order valence-electron chi connectivity index (χ4n) is 1.39. The molecule has 0 atom stereocenters. The fourth-order valence-corrected chi connectivity index (χ4v) is 2.33. The van der Waals surface area contributed by atoms with E-state index in [4.69, 9.17) is 4.28 Å². The summed E-state index contributed by atoms with van der Waals surface area (Å²) in [5.41, 5.74) is 0.638. The van der Waals surface area contributed by atoms with Gasteiger partial charge in [-0.3, -0.25) is 0 Å². The summed E-state index contributed by atoms with van der Waals surface area (Å²) in [6, 6.07) is 8.74. The van der Waals surface area contributed by atoms with Crippen molar-refractivity contribution in [3.05, 3.63) is 60.2 Å². The number of halogens is 1. The van der Waals surface area contributed by atoms with E-state index in [0.717, 1.165) is 10.8 Å². The van der Waals surface area contributed by atoms with Gasteiger partial charge in [-0.1, -0.05) is 12.1 Å². The van der Waals surface area contributed by atoms with Crippen molar-refractivity contribution in [1.29, 1.82) is 0 Å². The number of nitrogens with zero attached hydrogens (tertiary/aromatic N) is 1. The monoisotopic (exact) mass is 268 g/mol. The highest BCUT2D eigenvalue weighted by Gasteiger charge is 2.25. The van der Waals surface area contributed by atoms with Crippen molar-refractivity contribution in [2.24, 2.45) is 0 Å². The van der Waals surface area contributed by atoms with E-state index in [9.17, 15) is 12.8 Å². The number of hydrogen-bond donors (Lipinski definition) is 0. The molecule has 0 saturated carbocycles. The van der Waals surface area contributed by atoms with Crippen LogP contribution in [0.3, 0.4) is 0 Å². The maximum atomic E-state index is 13.6. The Labute approximate surface area is 104 Å². The lowest BCUT2D eigenvalue weighted by atomic mass is 10.2. The normalized spacial score (nSPS) is 11.2. The molecule has 0 saturated heterocycles. The first-order chi connectivity index (χ1) is 8.49. The first-order valence-electron chi connectivity index (χ1n) is 5.16. The second kappa shape index (κ2) is 4.73. The van der Waals surface area contributed by atoms with Gasteiger partial charge in [-0.2, -0.15) is 8.42 Å². The molecule has 0 aliphatic rings. The average molecular weight is 268 g/mol. The molecule has 2 aromatic rings. The molecule has 0 bridgehead atoms. The van der Waals surface area contributed by atoms with Gasteiger partial charge in [0.1, 0.15) is 10.7 Å². The van der Waals surface area contributed by atoms with Gasteiger partial charge in [0.25, 0.3) is 0 Å². The van der Waals surface area contributed by atoms with E-state index in [-0.39, 0.29) is 0 Å². The van der Waals surface area contributed by atoms with Gasteiger partial charge in [-0.15, -0.1) is 4.28 Å². The van der Waals surface area contributed by atoms with Crippen LogP contribution in [-0.2, 0) is 10.1 Å². The lowest BCUT2D eigenvalue weighted by Gasteiger charge is -2.02. The molecule has 0 unspecified atom stereocenters. The van der Waals surface area contributed by atoms with E-state index in [1.165, 1.54) is 24.5 Å². The zero-order valence-corrected chi connectivity index (χ0v) is 10.4. The summed E-state index contributed by atoms with van der Waals surface area (Å²) < 4.78 is 43.0. The molecule has 2 rings (SSSR count). The second-order valence-electron chi connectivity index (χ2n) is 3.70. The minimum atomic E-state index is -4.17. The minimum absolute atomic E-state index is 0.482. The third kappa shape index (κ3) is 2.65. The van der Waals surface area contributed by atoms with Crippen LogP contribution in [0.4, 0.5) is 4.39 Å². The summed E-state index contributed by atoms with van der Waals surface area (Å²) in [7, 11) is -4.17. The SMILES string of the molecule is Cc1ccc(S(=O)(=O)O[n+]2ccccc2)c(F)c1. The van der Waals surface area contributed by atoms with Crippen LogP contribution in [0.1, 0.15) is 5.56 Å². The third-order valence-corrected chi connectivity index (χ3v) is 3.47. The maximum Gasteiger partial charge on any atom is 0.399 e. The molecule has 1 aromatic carbocycles. The van der Waals surface area contributed by atoms with Crippen molar-refractivity contribution in [1.82, 2.24) is 0 Å². The topological polar surface area (TPSA) is 47.3 Å². The quantitative estimate of drug-likeness (QED) is 0.787. The van der Waals surface area contributed by atoms with Crippen molar-refractivity contribution in [2.45, 2.75) is 11.8 Å². The maximum absolute atomic E-state index is 13.6. The summed E-state index contributed by atoms with van der Waals surface area (Å²) in [6.07, 6.45) is 2.81. The highest BCUT2D eigenvalue weighted by atomic mass is 32.2. The molecule has 0 fully saturated rings. The molecular formula is C12H11FNO3S+. The first-order valence-corrected chi connectivity index (χ1v) is 6.57. The molecule has 1 heterocycles. The molecule has 4 nitrogen and oxygen atoms in total. The molecule has 0 N–H and O–H groups in total. The Bertz CT molecular complexity index is 656. The molecule has 1 aromatic heterocycles. The number of benzene rings is 1. The van der Waals surface area contributed by atoms with Crippen molar-refractivity contribution >= 4 is 10.1 Å². The molecule has 0 amide bonds. The highest BCUT2D eigenvalue weighted by Crippen LogP contribution is 2.15. The number of hydrogen-bond acceptors (Lipinski definition) is 3. The zero-order chi connectivity index (χ0) is 13.2. The van der Waals surface area contributed by atoms with E-state index >= 15 is 0 Å². The summed E-state index contributed by atoms with van der Waals surface area (Å²) in [6.45, 7) is 1.67. The van der Waals surface area contributed by atoms with Gasteiger partial charge >= 0.3 is 10.1 Å². The molecular weight excluding hydrogens is 257 g/mol. The molecule has 0 aliphatic heterocycles. The van der Waals surface area contributed by atoms with Crippen molar-refractivity contribution in [3.8, 4) is 0 Å². The Hall–Kier alpha value is -1.95. The van der Waals surface area contributed by atoms with Crippen LogP contribution in [0.2, 0.25) is 0 Å². The summed E-state index contributed by atoms with van der Waals surface area (Å²) >= 11 is 0. The van der Waals surface area contributed by atoms with Crippen LogP contribution < -0.4 is 9.01 Å². The van der Waals surface area contributed by atoms with Gasteiger partial charge in [-0.25, -0.2) is 4.39 Å². The van der Waals surface area contributed by atoms with Gasteiger partial charge < -0.3 is 0 Å². The van der Waals surface area contributed by atoms with E-state index < -0.39 is 20.8 Å². The smallest absolute Gasteiger partial charge is 0.205 e. The largest absolute Gasteiger partial charge is 0.399 e. The van der Waals surface area contributed by atoms with E-state index in [1.807, 2.05) is 0 Å². The summed E-state index contributed by atoms with van der Waals surface area (Å²) in [4.78, 5) is -0.482. The average Bonchev–Trinajstić information content (AvgIpc) is 2.29. The molecule has 94 valence electrons. The Morgan fingerprint density at radius 3 is 2.44 bits per heavy atom. The standard InChI is InChI=1S/C12H11FNO3S/c1-10-5-6-12(11(13)9-10)18(15,16)17-14-7-3-2-4-8-14/h2-9H,1H3/q+1. The second-order valence-corrected chi connectivity index (χ2v) is 5.20. The van der Waals surface area contributed by atoms with Crippen molar-refractivity contribution in [2.75, 3.05) is 0 Å². The predicted octanol–water partition coefficient (Wildman–Crippen LogP) is 1.24. The van der Waals surface area contributed by atoms with Crippen LogP contribution in [0.25, 0.3) is 0 Å². The van der Waals surface area contributed by atoms with Crippen molar-refractivity contribution < 1.29 is 21.8 Å². The number of aryl methyl sites for hydroxylation is 1. The molecule has 18 heavy (non-hydrogen) atoms. The van der Waals surface area contributed by atoms with Crippen molar-refractivity contribution in [3.63, 3.8) is 0 Å². The van der Waals surface area contributed by atoms with Gasteiger partial charge in [0, 0.05) is 16.9 Å². The van der Waals surface area contributed by atoms with Gasteiger partial charge in [0.05, 0.1) is 0 Å². The van der Waals surface area contributed by atoms with Gasteiger partial charge in [-0.05, 0) is 24.6 Å². The molecule has 0 aliphatic carbocycles. The Morgan fingerprint density at radius 2 is 1.83 bits per heavy atom. The van der Waals surface area contributed by atoms with Crippen LogP contribution >= 0.6 is 0 Å². The number of aromatic nitrogens is 1. The van der Waals surface area contributed by atoms with E-state index in [1.54, 1.807) is 25.1 Å². The fraction of sp³-hybridized carbons (Fsp3) is 0.0833. The number of rotatable bonds is 3.